The molecule has 1 aliphatic rings. The second-order valence-corrected chi connectivity index (χ2v) is 9.77. The maximum Gasteiger partial charge on any atom is 0.322 e. The highest BCUT2D eigenvalue weighted by Crippen LogP contribution is 2.41. The number of nitrogens with zero attached hydrogens (tertiary/aromatic N) is 3. The number of hydrogen-bond acceptors (Lipinski definition) is 10. The Hall–Kier alpha value is -2.38. The third-order valence-corrected chi connectivity index (χ3v) is 5.85. The maximum absolute atomic E-state index is 14.1. The first-order chi connectivity index (χ1) is 16.0. The van der Waals surface area contributed by atoms with E-state index in [1.54, 1.807) is 19.1 Å². The summed E-state index contributed by atoms with van der Waals surface area (Å²) in [6.45, 7) is 6.51. The molecular formula is C22H34FN5O6. The normalized spacial score (nSPS) is 26.1. The maximum atomic E-state index is 14.1. The van der Waals surface area contributed by atoms with E-state index in [4.69, 9.17) is 19.9 Å². The molecule has 5 atom stereocenters. The lowest BCUT2D eigenvalue weighted by Crippen LogP contribution is -2.50. The summed E-state index contributed by atoms with van der Waals surface area (Å²) in [6.07, 6.45) is -2.09. The summed E-state index contributed by atoms with van der Waals surface area (Å²) in [5.41, 5.74) is 4.97. The van der Waals surface area contributed by atoms with Crippen LogP contribution in [0.4, 0.5) is 10.2 Å². The van der Waals surface area contributed by atoms with Gasteiger partial charge in [-0.25, -0.2) is 13.9 Å². The van der Waals surface area contributed by atoms with Crippen LogP contribution in [0, 0.1) is 5.41 Å². The molecule has 1 aliphatic heterocycles. The first kappa shape index (κ1) is 26.2. The molecule has 0 bridgehead atoms. The van der Waals surface area contributed by atoms with Gasteiger partial charge in [-0.05, 0) is 30.9 Å². The van der Waals surface area contributed by atoms with Gasteiger partial charge >= 0.3 is 5.97 Å². The first-order valence-electron chi connectivity index (χ1n) is 11.1. The van der Waals surface area contributed by atoms with Gasteiger partial charge in [0.25, 0.3) is 0 Å². The fourth-order valence-electron chi connectivity index (χ4n) is 3.64. The minimum absolute atomic E-state index is 0.0536. The quantitative estimate of drug-likeness (QED) is 0.216. The number of aromatic nitrogens is 3. The molecule has 34 heavy (non-hydrogen) atoms. The summed E-state index contributed by atoms with van der Waals surface area (Å²) < 4.78 is 32.1. The number of aliphatic hydroxyl groups excluding tert-OH is 2. The highest BCUT2D eigenvalue weighted by molar-refractivity contribution is 5.75. The molecule has 1 fully saturated rings. The lowest BCUT2D eigenvalue weighted by atomic mass is 9.93. The standard InChI is InChI=1S/C22H34FN5O6/c1-13(20(31)33-8-7-21(2,3)4)26-12-32-10-22(9-23)18(30)16(29)17(34-22)14-5-6-15-19(24)25-11-27-28(14)15/h5-6,11,13,16-18,26,29-30H,7-10,12H2,1-4H3,(H2,24,25,27)/t13-,16-,17-,18-,22+/m0/s1. The Balaban J connectivity index is 1.56. The van der Waals surface area contributed by atoms with Crippen LogP contribution in [0.3, 0.4) is 0 Å². The molecule has 1 saturated heterocycles. The molecule has 12 heteroatoms. The zero-order chi connectivity index (χ0) is 25.1. The molecule has 0 unspecified atom stereocenters. The molecule has 0 aliphatic carbocycles. The van der Waals surface area contributed by atoms with Crippen LogP contribution in [0.2, 0.25) is 0 Å². The van der Waals surface area contributed by atoms with Gasteiger partial charge in [-0.1, -0.05) is 20.8 Å². The van der Waals surface area contributed by atoms with E-state index in [1.807, 2.05) is 0 Å². The molecule has 5 N–H and O–H groups in total. The van der Waals surface area contributed by atoms with E-state index in [9.17, 15) is 19.4 Å². The van der Waals surface area contributed by atoms with Crippen LogP contribution in [0.1, 0.15) is 45.9 Å². The van der Waals surface area contributed by atoms with Crippen LogP contribution in [0.15, 0.2) is 18.5 Å². The second kappa shape index (κ2) is 10.5. The first-order valence-corrected chi connectivity index (χ1v) is 11.1. The van der Waals surface area contributed by atoms with Crippen molar-refractivity contribution in [2.75, 3.05) is 32.4 Å². The van der Waals surface area contributed by atoms with Crippen LogP contribution < -0.4 is 11.1 Å². The number of esters is 1. The number of fused-ring (bicyclic) bond motifs is 1. The third-order valence-electron chi connectivity index (χ3n) is 5.85. The SMILES string of the molecule is C[C@H](NCOC[C@@]1(CF)O[C@@H](c2ccc3c(N)ncnn23)[C@H](O)[C@@H]1O)C(=O)OCCC(C)(C)C. The van der Waals surface area contributed by atoms with E-state index in [0.29, 0.717) is 17.8 Å². The predicted octanol–water partition coefficient (Wildman–Crippen LogP) is 0.745. The van der Waals surface area contributed by atoms with Gasteiger partial charge in [-0.3, -0.25) is 10.1 Å². The highest BCUT2D eigenvalue weighted by Gasteiger charge is 2.55. The number of halogens is 1. The van der Waals surface area contributed by atoms with Crippen LogP contribution in [-0.2, 0) is 19.0 Å². The Morgan fingerprint density at radius 2 is 2.15 bits per heavy atom. The largest absolute Gasteiger partial charge is 0.465 e. The van der Waals surface area contributed by atoms with Crippen LogP contribution in [0.5, 0.6) is 0 Å². The minimum Gasteiger partial charge on any atom is -0.465 e. The summed E-state index contributed by atoms with van der Waals surface area (Å²) in [4.78, 5) is 16.0. The topological polar surface area (TPSA) is 153 Å². The number of carbonyl (C=O) groups excluding carboxylic acids is 1. The molecule has 0 amide bonds. The summed E-state index contributed by atoms with van der Waals surface area (Å²) in [6, 6.07) is 2.61. The van der Waals surface area contributed by atoms with Gasteiger partial charge in [0.05, 0.1) is 25.6 Å². The van der Waals surface area contributed by atoms with Gasteiger partial charge in [0, 0.05) is 0 Å². The number of nitrogens with one attached hydrogen (secondary N) is 1. The van der Waals surface area contributed by atoms with Crippen molar-refractivity contribution in [3.8, 4) is 0 Å². The van der Waals surface area contributed by atoms with Crippen molar-refractivity contribution in [2.24, 2.45) is 5.41 Å². The number of carbonyl (C=O) groups is 1. The van der Waals surface area contributed by atoms with E-state index in [2.05, 4.69) is 36.2 Å². The Kier molecular flexibility index (Phi) is 8.09. The zero-order valence-electron chi connectivity index (χ0n) is 19.9. The van der Waals surface area contributed by atoms with Gasteiger partial charge in [0.2, 0.25) is 0 Å². The van der Waals surface area contributed by atoms with Crippen molar-refractivity contribution >= 4 is 17.3 Å². The van der Waals surface area contributed by atoms with Gasteiger partial charge in [0.1, 0.15) is 48.5 Å². The smallest absolute Gasteiger partial charge is 0.322 e. The molecule has 190 valence electrons. The van der Waals surface area contributed by atoms with Crippen LogP contribution in [0.25, 0.3) is 5.52 Å². The van der Waals surface area contributed by atoms with Gasteiger partial charge in [-0.2, -0.15) is 5.10 Å². The second-order valence-electron chi connectivity index (χ2n) is 9.77. The predicted molar refractivity (Wildman–Crippen MR) is 120 cm³/mol. The lowest BCUT2D eigenvalue weighted by molar-refractivity contribution is -0.149. The summed E-state index contributed by atoms with van der Waals surface area (Å²) in [7, 11) is 0. The average Bonchev–Trinajstić information content (AvgIpc) is 3.31. The van der Waals surface area contributed by atoms with Crippen molar-refractivity contribution in [2.45, 2.75) is 64.1 Å². The van der Waals surface area contributed by atoms with Crippen molar-refractivity contribution in [1.29, 1.82) is 0 Å². The number of alkyl halides is 1. The molecule has 0 saturated carbocycles. The van der Waals surface area contributed by atoms with Crippen LogP contribution >= 0.6 is 0 Å². The Labute approximate surface area is 197 Å². The molecule has 2 aromatic rings. The van der Waals surface area contributed by atoms with Crippen molar-refractivity contribution in [3.63, 3.8) is 0 Å². The van der Waals surface area contributed by atoms with E-state index in [1.165, 1.54) is 10.8 Å². The Morgan fingerprint density at radius 1 is 1.41 bits per heavy atom. The minimum atomic E-state index is -1.80. The average molecular weight is 484 g/mol. The van der Waals surface area contributed by atoms with Gasteiger partial charge in [-0.15, -0.1) is 0 Å². The molecule has 2 aromatic heterocycles. The Morgan fingerprint density at radius 3 is 2.82 bits per heavy atom. The molecular weight excluding hydrogens is 449 g/mol. The number of hydrogen-bond donors (Lipinski definition) is 4. The van der Waals surface area contributed by atoms with Crippen molar-refractivity contribution in [3.05, 3.63) is 24.2 Å². The number of rotatable bonds is 10. The van der Waals surface area contributed by atoms with E-state index in [-0.39, 0.29) is 24.6 Å². The number of nitrogens with two attached hydrogens (primary N) is 1. The molecule has 0 radical (unpaired) electrons. The summed E-state index contributed by atoms with van der Waals surface area (Å²) in [5.74, 6) is -0.200. The third kappa shape index (κ3) is 5.63. The molecule has 11 nitrogen and oxygen atoms in total. The summed E-state index contributed by atoms with van der Waals surface area (Å²) >= 11 is 0. The molecule has 3 rings (SSSR count). The number of nitrogen functional groups attached to an aromatic ring is 1. The zero-order valence-corrected chi connectivity index (χ0v) is 19.9. The number of anilines is 1. The molecule has 0 aromatic carbocycles. The lowest BCUT2D eigenvalue weighted by Gasteiger charge is -2.29. The number of ether oxygens (including phenoxy) is 3. The fourth-order valence-corrected chi connectivity index (χ4v) is 3.64. The molecule has 3 heterocycles. The monoisotopic (exact) mass is 483 g/mol. The fraction of sp³-hybridized carbons (Fsp3) is 0.682. The summed E-state index contributed by atoms with van der Waals surface area (Å²) in [5, 5.41) is 28.2. The highest BCUT2D eigenvalue weighted by atomic mass is 19.1. The van der Waals surface area contributed by atoms with E-state index >= 15 is 0 Å². The molecule has 0 spiro atoms. The Bertz CT molecular complexity index is 982. The van der Waals surface area contributed by atoms with E-state index in [0.717, 1.165) is 6.42 Å². The van der Waals surface area contributed by atoms with Crippen molar-refractivity contribution < 1.29 is 33.6 Å². The van der Waals surface area contributed by atoms with Crippen molar-refractivity contribution in [1.82, 2.24) is 19.9 Å². The van der Waals surface area contributed by atoms with Gasteiger partial charge in [0.15, 0.2) is 5.82 Å². The van der Waals surface area contributed by atoms with E-state index < -0.39 is 42.6 Å². The van der Waals surface area contributed by atoms with Gasteiger partial charge < -0.3 is 30.2 Å². The number of aliphatic hydroxyl groups is 2. The van der Waals surface area contributed by atoms with Crippen LogP contribution in [-0.4, -0.2) is 81.3 Å².